The number of azide groups is 1. The van der Waals surface area contributed by atoms with Crippen LogP contribution >= 0.6 is 11.3 Å². The molecule has 5 atom stereocenters. The van der Waals surface area contributed by atoms with Gasteiger partial charge in [-0.05, 0) is 22.2 Å². The summed E-state index contributed by atoms with van der Waals surface area (Å²) >= 11 is 1.20. The number of nitrogens with zero attached hydrogens (tertiary/aromatic N) is 4. The number of thiazole rings is 1. The quantitative estimate of drug-likeness (QED) is 0.134. The molecule has 40 heavy (non-hydrogen) atoms. The average Bonchev–Trinajstić information content (AvgIpc) is 3.55. The Hall–Kier alpha value is -3.60. The second-order valence-electron chi connectivity index (χ2n) is 9.36. The Balaban J connectivity index is 1.47. The Kier molecular flexibility index (Phi) is 9.54. The van der Waals surface area contributed by atoms with Crippen LogP contribution in [0.3, 0.4) is 0 Å². The van der Waals surface area contributed by atoms with Crippen molar-refractivity contribution in [1.82, 2.24) is 4.98 Å². The van der Waals surface area contributed by atoms with Crippen molar-refractivity contribution in [2.45, 2.75) is 50.0 Å². The third-order valence-electron chi connectivity index (χ3n) is 6.61. The first-order valence-corrected chi connectivity index (χ1v) is 13.8. The van der Waals surface area contributed by atoms with Gasteiger partial charge in [0.1, 0.15) is 24.4 Å². The van der Waals surface area contributed by atoms with Crippen molar-refractivity contribution < 1.29 is 24.1 Å². The number of hydrogen-bond acceptors (Lipinski definition) is 8. The van der Waals surface area contributed by atoms with Gasteiger partial charge in [0, 0.05) is 16.5 Å². The lowest BCUT2D eigenvalue weighted by Crippen LogP contribution is -2.64. The average molecular weight is 559 g/mol. The third kappa shape index (κ3) is 6.75. The maximum Gasteiger partial charge on any atom is 0.231 e. The summed E-state index contributed by atoms with van der Waals surface area (Å²) < 4.78 is 25.2. The minimum absolute atomic E-state index is 0.0935. The highest BCUT2D eigenvalue weighted by Gasteiger charge is 2.57. The molecule has 0 spiro atoms. The largest absolute Gasteiger partial charge is 0.374 e. The van der Waals surface area contributed by atoms with Crippen LogP contribution in [0.4, 0.5) is 0 Å². The van der Waals surface area contributed by atoms with Crippen molar-refractivity contribution >= 4 is 11.3 Å². The molecular weight excluding hydrogens is 528 g/mol. The molecule has 1 aromatic heterocycles. The molecule has 5 rings (SSSR count). The van der Waals surface area contributed by atoms with E-state index in [1.54, 1.807) is 11.6 Å². The van der Waals surface area contributed by atoms with Gasteiger partial charge in [-0.1, -0.05) is 96.1 Å². The fourth-order valence-electron chi connectivity index (χ4n) is 4.68. The van der Waals surface area contributed by atoms with Gasteiger partial charge >= 0.3 is 0 Å². The summed E-state index contributed by atoms with van der Waals surface area (Å²) in [5.74, 6) is -2.05. The minimum Gasteiger partial charge on any atom is -0.374 e. The normalized spacial score (nSPS) is 24.3. The van der Waals surface area contributed by atoms with Crippen LogP contribution in [0, 0.1) is 0 Å². The SMILES string of the molecule is [N-]=[N+]=N[C@@H]1[C@@H](OCc2ccccc2)[C@@H](OCc2ccccc2)[C@@H](COCc2ccccc2)O[C@@]1(O)c1nccs1. The van der Waals surface area contributed by atoms with Crippen LogP contribution in [0.5, 0.6) is 0 Å². The van der Waals surface area contributed by atoms with Crippen LogP contribution in [0.15, 0.2) is 108 Å². The molecule has 0 aliphatic carbocycles. The van der Waals surface area contributed by atoms with Crippen LogP contribution < -0.4 is 0 Å². The summed E-state index contributed by atoms with van der Waals surface area (Å²) in [5.41, 5.74) is 12.4. The predicted octanol–water partition coefficient (Wildman–Crippen LogP) is 5.75. The highest BCUT2D eigenvalue weighted by atomic mass is 32.1. The first kappa shape index (κ1) is 27.9. The van der Waals surface area contributed by atoms with Crippen molar-refractivity contribution in [2.75, 3.05) is 6.61 Å². The molecule has 1 aliphatic rings. The topological polar surface area (TPSA) is 119 Å². The number of aliphatic hydroxyl groups is 1. The van der Waals surface area contributed by atoms with Crippen molar-refractivity contribution in [3.63, 3.8) is 0 Å². The molecule has 1 N–H and O–H groups in total. The molecule has 4 aromatic rings. The number of rotatable bonds is 12. The second-order valence-corrected chi connectivity index (χ2v) is 10.3. The van der Waals surface area contributed by atoms with Crippen molar-refractivity contribution in [1.29, 1.82) is 0 Å². The first-order chi connectivity index (χ1) is 19.7. The van der Waals surface area contributed by atoms with Crippen molar-refractivity contribution in [3.05, 3.63) is 135 Å². The predicted molar refractivity (Wildman–Crippen MR) is 150 cm³/mol. The van der Waals surface area contributed by atoms with E-state index in [2.05, 4.69) is 15.0 Å². The molecule has 0 bridgehead atoms. The van der Waals surface area contributed by atoms with Gasteiger partial charge in [0.05, 0.1) is 26.4 Å². The summed E-state index contributed by atoms with van der Waals surface area (Å²) in [4.78, 5) is 7.35. The van der Waals surface area contributed by atoms with E-state index in [0.29, 0.717) is 6.61 Å². The molecule has 1 saturated heterocycles. The van der Waals surface area contributed by atoms with Crippen molar-refractivity contribution in [3.8, 4) is 0 Å². The Morgan fingerprint density at radius 1 is 0.850 bits per heavy atom. The number of hydrogen-bond donors (Lipinski definition) is 1. The van der Waals surface area contributed by atoms with Gasteiger partial charge in [0.15, 0.2) is 5.01 Å². The molecular formula is C30H30N4O5S. The standard InChI is InChI=1S/C30H30N4O5S/c31-34-33-28-27(38-20-24-14-8-3-9-15-24)26(37-19-23-12-6-2-7-13-23)25(21-36-18-22-10-4-1-5-11-22)39-30(28,35)29-32-16-17-40-29/h1-17,25-28,35H,18-21H2/t25-,26+,27+,28-,30-/m1/s1. The van der Waals surface area contributed by atoms with Gasteiger partial charge in [-0.25, -0.2) is 4.98 Å². The van der Waals surface area contributed by atoms with E-state index in [4.69, 9.17) is 18.9 Å². The van der Waals surface area contributed by atoms with E-state index in [0.717, 1.165) is 16.7 Å². The summed E-state index contributed by atoms with van der Waals surface area (Å²) in [7, 11) is 0. The molecule has 1 fully saturated rings. The molecule has 0 radical (unpaired) electrons. The maximum absolute atomic E-state index is 11.9. The summed E-state index contributed by atoms with van der Waals surface area (Å²) in [6.45, 7) is 0.904. The van der Waals surface area contributed by atoms with Crippen LogP contribution in [0.2, 0.25) is 0 Å². The molecule has 9 nitrogen and oxygen atoms in total. The zero-order chi connectivity index (χ0) is 27.6. The van der Waals surface area contributed by atoms with Crippen LogP contribution in [-0.4, -0.2) is 41.1 Å². The smallest absolute Gasteiger partial charge is 0.231 e. The van der Waals surface area contributed by atoms with Crippen LogP contribution in [0.25, 0.3) is 10.4 Å². The number of benzene rings is 3. The first-order valence-electron chi connectivity index (χ1n) is 12.9. The lowest BCUT2D eigenvalue weighted by molar-refractivity contribution is -0.336. The molecule has 3 aromatic carbocycles. The molecule has 0 saturated carbocycles. The van der Waals surface area contributed by atoms with Crippen LogP contribution in [0.1, 0.15) is 21.7 Å². The second kappa shape index (κ2) is 13.6. The van der Waals surface area contributed by atoms with Crippen molar-refractivity contribution in [2.24, 2.45) is 5.11 Å². The highest BCUT2D eigenvalue weighted by molar-refractivity contribution is 7.09. The van der Waals surface area contributed by atoms with Gasteiger partial charge in [0.2, 0.25) is 5.79 Å². The molecule has 10 heteroatoms. The van der Waals surface area contributed by atoms with E-state index in [-0.39, 0.29) is 24.8 Å². The van der Waals surface area contributed by atoms with Gasteiger partial charge < -0.3 is 24.1 Å². The lowest BCUT2D eigenvalue weighted by Gasteiger charge is -2.48. The maximum atomic E-state index is 11.9. The monoisotopic (exact) mass is 558 g/mol. The highest BCUT2D eigenvalue weighted by Crippen LogP contribution is 2.42. The Morgan fingerprint density at radius 3 is 1.93 bits per heavy atom. The van der Waals surface area contributed by atoms with Gasteiger partial charge in [-0.15, -0.1) is 11.3 Å². The zero-order valence-corrected chi connectivity index (χ0v) is 22.5. The summed E-state index contributed by atoms with van der Waals surface area (Å²) in [5, 5.41) is 17.9. The molecule has 1 aliphatic heterocycles. The zero-order valence-electron chi connectivity index (χ0n) is 21.7. The fraction of sp³-hybridized carbons (Fsp3) is 0.300. The third-order valence-corrected chi connectivity index (χ3v) is 7.49. The van der Waals surface area contributed by atoms with E-state index in [9.17, 15) is 10.6 Å². The Labute approximate surface area is 236 Å². The van der Waals surface area contributed by atoms with Gasteiger partial charge in [-0.2, -0.15) is 0 Å². The van der Waals surface area contributed by atoms with E-state index < -0.39 is 30.1 Å². The van der Waals surface area contributed by atoms with Crippen LogP contribution in [-0.2, 0) is 44.6 Å². The molecule has 2 heterocycles. The molecule has 0 unspecified atom stereocenters. The van der Waals surface area contributed by atoms with E-state index in [1.807, 2.05) is 91.0 Å². The Bertz CT molecular complexity index is 1360. The molecule has 206 valence electrons. The number of ether oxygens (including phenoxy) is 4. The Morgan fingerprint density at radius 2 is 1.40 bits per heavy atom. The minimum atomic E-state index is -2.05. The number of aromatic nitrogens is 1. The van der Waals surface area contributed by atoms with Gasteiger partial charge in [0.25, 0.3) is 0 Å². The van der Waals surface area contributed by atoms with Gasteiger partial charge in [-0.3, -0.25) is 0 Å². The van der Waals surface area contributed by atoms with E-state index >= 15 is 0 Å². The lowest BCUT2D eigenvalue weighted by atomic mass is 9.90. The summed E-state index contributed by atoms with van der Waals surface area (Å²) in [6, 6.07) is 28.0. The fourth-order valence-corrected chi connectivity index (χ4v) is 5.39. The molecule has 0 amide bonds. The summed E-state index contributed by atoms with van der Waals surface area (Å²) in [6.07, 6.45) is -0.830. The van der Waals surface area contributed by atoms with E-state index in [1.165, 1.54) is 11.3 Å².